The van der Waals surface area contributed by atoms with Gasteiger partial charge in [-0.3, -0.25) is 4.79 Å². The molecule has 3 rings (SSSR count). The normalized spacial score (nSPS) is 14.1. The van der Waals surface area contributed by atoms with Crippen molar-refractivity contribution in [1.29, 1.82) is 0 Å². The molecule has 1 aromatic heterocycles. The molecule has 0 bridgehead atoms. The molecular formula is C18H16Cl3N3O3. The van der Waals surface area contributed by atoms with Crippen molar-refractivity contribution in [3.8, 4) is 0 Å². The zero-order valence-electron chi connectivity index (χ0n) is 14.1. The van der Waals surface area contributed by atoms with Crippen LogP contribution in [0.3, 0.4) is 0 Å². The van der Waals surface area contributed by atoms with Crippen LogP contribution in [0.25, 0.3) is 0 Å². The molecule has 0 spiro atoms. The Morgan fingerprint density at radius 3 is 2.22 bits per heavy atom. The van der Waals surface area contributed by atoms with Crippen LogP contribution in [0.4, 0.5) is 11.5 Å². The molecule has 1 aliphatic rings. The van der Waals surface area contributed by atoms with Gasteiger partial charge in [-0.15, -0.1) is 0 Å². The van der Waals surface area contributed by atoms with Crippen molar-refractivity contribution in [3.63, 3.8) is 0 Å². The summed E-state index contributed by atoms with van der Waals surface area (Å²) in [6.07, 6.45) is 3.33. The second-order valence-corrected chi connectivity index (χ2v) is 7.34. The Morgan fingerprint density at radius 1 is 1.00 bits per heavy atom. The third kappa shape index (κ3) is 4.46. The van der Waals surface area contributed by atoms with Crippen LogP contribution in [-0.4, -0.2) is 35.1 Å². The summed E-state index contributed by atoms with van der Waals surface area (Å²) in [5.74, 6) is -1.07. The van der Waals surface area contributed by atoms with Crippen molar-refractivity contribution < 1.29 is 14.7 Å². The Morgan fingerprint density at radius 2 is 1.63 bits per heavy atom. The number of carboxylic acid groups (broad SMARTS) is 1. The number of amides is 1. The molecule has 6 nitrogen and oxygen atoms in total. The number of aromatic nitrogens is 1. The number of nitrogens with zero attached hydrogens (tertiary/aromatic N) is 2. The van der Waals surface area contributed by atoms with E-state index in [0.717, 1.165) is 25.9 Å². The van der Waals surface area contributed by atoms with E-state index in [1.807, 2.05) is 0 Å². The molecule has 1 aromatic carbocycles. The minimum absolute atomic E-state index is 0.0107. The summed E-state index contributed by atoms with van der Waals surface area (Å²) < 4.78 is 0. The van der Waals surface area contributed by atoms with Gasteiger partial charge in [0.1, 0.15) is 11.5 Å². The molecule has 1 aliphatic heterocycles. The molecule has 2 aromatic rings. The van der Waals surface area contributed by atoms with Crippen molar-refractivity contribution >= 4 is 58.2 Å². The standard InChI is InChI=1S/C18H16Cl3N3O3/c19-11-4-5-14(24-6-2-1-3-7-24)22-16(11)17(25)23-15-12(20)8-10(18(26)27)9-13(15)21/h4-5,8-9H,1-3,6-7H2,(H,23,25)(H,26,27). The second kappa shape index (κ2) is 8.33. The fraction of sp³-hybridized carbons (Fsp3) is 0.278. The summed E-state index contributed by atoms with van der Waals surface area (Å²) in [7, 11) is 0. The van der Waals surface area contributed by atoms with Crippen molar-refractivity contribution in [2.45, 2.75) is 19.3 Å². The molecule has 1 amide bonds. The predicted octanol–water partition coefficient (Wildman–Crippen LogP) is 4.98. The largest absolute Gasteiger partial charge is 0.478 e. The van der Waals surface area contributed by atoms with Gasteiger partial charge in [-0.25, -0.2) is 9.78 Å². The SMILES string of the molecule is O=C(O)c1cc(Cl)c(NC(=O)c2nc(N3CCCCC3)ccc2Cl)c(Cl)c1. The number of carboxylic acids is 1. The van der Waals surface area contributed by atoms with Gasteiger partial charge in [0.15, 0.2) is 0 Å². The highest BCUT2D eigenvalue weighted by Gasteiger charge is 2.20. The maximum Gasteiger partial charge on any atom is 0.335 e. The van der Waals surface area contributed by atoms with E-state index in [0.29, 0.717) is 5.82 Å². The first kappa shape index (κ1) is 19.7. The summed E-state index contributed by atoms with van der Waals surface area (Å²) >= 11 is 18.3. The lowest BCUT2D eigenvalue weighted by atomic mass is 10.1. The highest BCUT2D eigenvalue weighted by molar-refractivity contribution is 6.41. The maximum absolute atomic E-state index is 12.7. The van der Waals surface area contributed by atoms with Crippen molar-refractivity contribution in [3.05, 3.63) is 50.6 Å². The number of anilines is 2. The zero-order chi connectivity index (χ0) is 19.6. The van der Waals surface area contributed by atoms with Crippen LogP contribution >= 0.6 is 34.8 Å². The summed E-state index contributed by atoms with van der Waals surface area (Å²) in [6, 6.07) is 5.84. The Hall–Kier alpha value is -2.02. The molecule has 2 heterocycles. The van der Waals surface area contributed by atoms with Crippen LogP contribution in [0, 0.1) is 0 Å². The molecule has 9 heteroatoms. The minimum atomic E-state index is -1.17. The quantitative estimate of drug-likeness (QED) is 0.717. The van der Waals surface area contributed by atoms with Crippen LogP contribution in [0.1, 0.15) is 40.1 Å². The van der Waals surface area contributed by atoms with E-state index in [2.05, 4.69) is 15.2 Å². The number of nitrogens with one attached hydrogen (secondary N) is 1. The number of hydrogen-bond acceptors (Lipinski definition) is 4. The summed E-state index contributed by atoms with van der Waals surface area (Å²) in [5.41, 5.74) is 0.0787. The highest BCUT2D eigenvalue weighted by atomic mass is 35.5. The Bertz CT molecular complexity index is 876. The monoisotopic (exact) mass is 427 g/mol. The summed E-state index contributed by atoms with van der Waals surface area (Å²) in [4.78, 5) is 30.2. The molecule has 27 heavy (non-hydrogen) atoms. The fourth-order valence-corrected chi connectivity index (χ4v) is 3.65. The third-order valence-electron chi connectivity index (χ3n) is 4.25. The summed E-state index contributed by atoms with van der Waals surface area (Å²) in [6.45, 7) is 1.76. The Balaban J connectivity index is 1.87. The predicted molar refractivity (Wildman–Crippen MR) is 107 cm³/mol. The van der Waals surface area contributed by atoms with E-state index >= 15 is 0 Å². The van der Waals surface area contributed by atoms with E-state index in [4.69, 9.17) is 39.9 Å². The van der Waals surface area contributed by atoms with Crippen LogP contribution in [-0.2, 0) is 0 Å². The topological polar surface area (TPSA) is 82.5 Å². The highest BCUT2D eigenvalue weighted by Crippen LogP contribution is 2.33. The lowest BCUT2D eigenvalue weighted by molar-refractivity contribution is 0.0696. The molecule has 1 fully saturated rings. The lowest BCUT2D eigenvalue weighted by Crippen LogP contribution is -2.30. The number of hydrogen-bond donors (Lipinski definition) is 2. The van der Waals surface area contributed by atoms with E-state index in [1.54, 1.807) is 12.1 Å². The molecular weight excluding hydrogens is 413 g/mol. The van der Waals surface area contributed by atoms with Gasteiger partial charge < -0.3 is 15.3 Å². The van der Waals surface area contributed by atoms with E-state index in [9.17, 15) is 9.59 Å². The first-order valence-corrected chi connectivity index (χ1v) is 9.45. The number of halogens is 3. The smallest absolute Gasteiger partial charge is 0.335 e. The van der Waals surface area contributed by atoms with Crippen LogP contribution < -0.4 is 10.2 Å². The van der Waals surface area contributed by atoms with Crippen LogP contribution in [0.5, 0.6) is 0 Å². The first-order chi connectivity index (χ1) is 12.9. The van der Waals surface area contributed by atoms with Gasteiger partial charge in [-0.1, -0.05) is 34.8 Å². The Kier molecular flexibility index (Phi) is 6.09. The first-order valence-electron chi connectivity index (χ1n) is 8.32. The molecule has 2 N–H and O–H groups in total. The van der Waals surface area contributed by atoms with Crippen LogP contribution in [0.2, 0.25) is 15.1 Å². The van der Waals surface area contributed by atoms with Gasteiger partial charge in [-0.2, -0.15) is 0 Å². The average Bonchev–Trinajstić information content (AvgIpc) is 2.65. The molecule has 0 saturated carbocycles. The van der Waals surface area contributed by atoms with Gasteiger partial charge in [0.05, 0.1) is 26.3 Å². The number of pyridine rings is 1. The van der Waals surface area contributed by atoms with Gasteiger partial charge >= 0.3 is 5.97 Å². The van der Waals surface area contributed by atoms with Crippen molar-refractivity contribution in [2.75, 3.05) is 23.3 Å². The molecule has 0 unspecified atom stereocenters. The number of piperidine rings is 1. The lowest BCUT2D eigenvalue weighted by Gasteiger charge is -2.28. The van der Waals surface area contributed by atoms with Gasteiger partial charge in [0.2, 0.25) is 0 Å². The van der Waals surface area contributed by atoms with E-state index < -0.39 is 11.9 Å². The van der Waals surface area contributed by atoms with E-state index in [1.165, 1.54) is 18.6 Å². The number of carbonyl (C=O) groups is 2. The van der Waals surface area contributed by atoms with Gasteiger partial charge in [-0.05, 0) is 43.5 Å². The number of aromatic carboxylic acids is 1. The molecule has 0 radical (unpaired) electrons. The number of benzene rings is 1. The Labute approximate surface area is 171 Å². The average molecular weight is 429 g/mol. The van der Waals surface area contributed by atoms with E-state index in [-0.39, 0.29) is 32.0 Å². The summed E-state index contributed by atoms with van der Waals surface area (Å²) in [5, 5.41) is 11.8. The fourth-order valence-electron chi connectivity index (χ4n) is 2.88. The van der Waals surface area contributed by atoms with Crippen LogP contribution in [0.15, 0.2) is 24.3 Å². The molecule has 0 atom stereocenters. The third-order valence-corrected chi connectivity index (χ3v) is 5.16. The van der Waals surface area contributed by atoms with Crippen molar-refractivity contribution in [2.24, 2.45) is 0 Å². The number of rotatable bonds is 4. The van der Waals surface area contributed by atoms with Gasteiger partial charge in [0, 0.05) is 13.1 Å². The minimum Gasteiger partial charge on any atom is -0.478 e. The zero-order valence-corrected chi connectivity index (χ0v) is 16.4. The van der Waals surface area contributed by atoms with Crippen molar-refractivity contribution in [1.82, 2.24) is 4.98 Å². The maximum atomic E-state index is 12.7. The molecule has 0 aliphatic carbocycles. The number of carbonyl (C=O) groups excluding carboxylic acids is 1. The second-order valence-electron chi connectivity index (χ2n) is 6.12. The molecule has 142 valence electrons. The van der Waals surface area contributed by atoms with Gasteiger partial charge in [0.25, 0.3) is 5.91 Å². The molecule has 1 saturated heterocycles.